The van der Waals surface area contributed by atoms with Crippen molar-refractivity contribution in [3.63, 3.8) is 0 Å². The van der Waals surface area contributed by atoms with E-state index in [-0.39, 0.29) is 4.90 Å². The van der Waals surface area contributed by atoms with Crippen LogP contribution in [0.15, 0.2) is 66.0 Å². The molecule has 0 saturated heterocycles. The molecule has 0 saturated carbocycles. The van der Waals surface area contributed by atoms with Gasteiger partial charge in [-0.1, -0.05) is 12.1 Å². The van der Waals surface area contributed by atoms with Gasteiger partial charge in [0.15, 0.2) is 0 Å². The number of carbonyl (C=O) groups is 1. The number of pyridine rings is 1. The number of benzene rings is 1. The Morgan fingerprint density at radius 1 is 1.17 bits per heavy atom. The number of nitrogens with zero attached hydrogens (tertiary/aromatic N) is 2. The fraction of sp³-hybridized carbons (Fsp3) is 0. The highest BCUT2D eigenvalue weighted by Gasteiger charge is 2.18. The molecule has 0 aliphatic rings. The van der Waals surface area contributed by atoms with E-state index in [9.17, 15) is 13.2 Å². The summed E-state index contributed by atoms with van der Waals surface area (Å²) in [6, 6.07) is 9.48. The number of carbonyl (C=O) groups excluding carboxylic acids is 1. The SMILES string of the molecule is O=C(/C=C/c1ccc(S(=O)(=O)n2ccc3ccncc32)cc1)NO. The van der Waals surface area contributed by atoms with Gasteiger partial charge in [-0.05, 0) is 35.9 Å². The highest BCUT2D eigenvalue weighted by Crippen LogP contribution is 2.21. The molecule has 0 atom stereocenters. The predicted molar refractivity (Wildman–Crippen MR) is 87.7 cm³/mol. The molecular weight excluding hydrogens is 330 g/mol. The fourth-order valence-electron chi connectivity index (χ4n) is 2.23. The molecule has 3 aromatic rings. The van der Waals surface area contributed by atoms with E-state index >= 15 is 0 Å². The molecule has 7 nitrogen and oxygen atoms in total. The second-order valence-electron chi connectivity index (χ2n) is 4.93. The zero-order valence-corrected chi connectivity index (χ0v) is 13.1. The first kappa shape index (κ1) is 15.9. The fourth-order valence-corrected chi connectivity index (χ4v) is 3.57. The monoisotopic (exact) mass is 343 g/mol. The summed E-state index contributed by atoms with van der Waals surface area (Å²) >= 11 is 0. The van der Waals surface area contributed by atoms with Crippen molar-refractivity contribution < 1.29 is 18.4 Å². The quantitative estimate of drug-likeness (QED) is 0.427. The third kappa shape index (κ3) is 2.92. The summed E-state index contributed by atoms with van der Waals surface area (Å²) in [4.78, 5) is 15.0. The maximum Gasteiger partial charge on any atom is 0.268 e. The highest BCUT2D eigenvalue weighted by atomic mass is 32.2. The van der Waals surface area contributed by atoms with Crippen LogP contribution in [0.25, 0.3) is 17.0 Å². The predicted octanol–water partition coefficient (Wildman–Crippen LogP) is 1.79. The molecule has 122 valence electrons. The van der Waals surface area contributed by atoms with E-state index < -0.39 is 15.9 Å². The minimum atomic E-state index is -3.74. The summed E-state index contributed by atoms with van der Waals surface area (Å²) in [6.45, 7) is 0. The molecule has 0 unspecified atom stereocenters. The maximum absolute atomic E-state index is 12.8. The standard InChI is InChI=1S/C16H13N3O4S/c20-16(18-21)6-3-12-1-4-14(5-2-12)24(22,23)19-10-8-13-7-9-17-11-15(13)19/h1-11,21H,(H,18,20)/b6-3+. The van der Waals surface area contributed by atoms with Crippen LogP contribution in [0.5, 0.6) is 0 Å². The van der Waals surface area contributed by atoms with E-state index in [2.05, 4.69) is 4.98 Å². The summed E-state index contributed by atoms with van der Waals surface area (Å²) < 4.78 is 26.7. The van der Waals surface area contributed by atoms with E-state index in [4.69, 9.17) is 5.21 Å². The van der Waals surface area contributed by atoms with Crippen LogP contribution in [0.4, 0.5) is 0 Å². The van der Waals surface area contributed by atoms with Crippen LogP contribution in [0.2, 0.25) is 0 Å². The minimum Gasteiger partial charge on any atom is -0.288 e. The van der Waals surface area contributed by atoms with Crippen molar-refractivity contribution in [3.05, 3.63) is 66.6 Å². The molecule has 1 amide bonds. The number of fused-ring (bicyclic) bond motifs is 1. The van der Waals surface area contributed by atoms with Crippen molar-refractivity contribution in [1.29, 1.82) is 0 Å². The molecule has 8 heteroatoms. The molecule has 2 heterocycles. The first-order valence-corrected chi connectivity index (χ1v) is 8.35. The topological polar surface area (TPSA) is 101 Å². The lowest BCUT2D eigenvalue weighted by Crippen LogP contribution is -2.14. The summed E-state index contributed by atoms with van der Waals surface area (Å²) in [7, 11) is -3.74. The zero-order valence-electron chi connectivity index (χ0n) is 12.3. The molecule has 0 radical (unpaired) electrons. The molecule has 0 fully saturated rings. The second kappa shape index (κ2) is 6.26. The third-order valence-electron chi connectivity index (χ3n) is 3.43. The van der Waals surface area contributed by atoms with Crippen LogP contribution in [-0.2, 0) is 14.8 Å². The van der Waals surface area contributed by atoms with Gasteiger partial charge in [0, 0.05) is 23.9 Å². The van der Waals surface area contributed by atoms with E-state index in [0.717, 1.165) is 11.5 Å². The van der Waals surface area contributed by atoms with Crippen LogP contribution in [0.3, 0.4) is 0 Å². The Morgan fingerprint density at radius 2 is 1.92 bits per heavy atom. The molecule has 0 aliphatic heterocycles. The van der Waals surface area contributed by atoms with Crippen molar-refractivity contribution in [2.75, 3.05) is 0 Å². The summed E-state index contributed by atoms with van der Waals surface area (Å²) in [6.07, 6.45) is 7.17. The van der Waals surface area contributed by atoms with Crippen LogP contribution in [0, 0.1) is 0 Å². The highest BCUT2D eigenvalue weighted by molar-refractivity contribution is 7.90. The Morgan fingerprint density at radius 3 is 2.62 bits per heavy atom. The van der Waals surface area contributed by atoms with Crippen LogP contribution >= 0.6 is 0 Å². The normalized spacial score (nSPS) is 11.9. The Labute approximate surface area is 137 Å². The lowest BCUT2D eigenvalue weighted by Gasteiger charge is -2.07. The zero-order chi connectivity index (χ0) is 17.2. The van der Waals surface area contributed by atoms with Gasteiger partial charge in [0.2, 0.25) is 0 Å². The number of rotatable bonds is 4. The smallest absolute Gasteiger partial charge is 0.268 e. The molecule has 24 heavy (non-hydrogen) atoms. The molecule has 2 N–H and O–H groups in total. The van der Waals surface area contributed by atoms with Gasteiger partial charge in [-0.15, -0.1) is 0 Å². The van der Waals surface area contributed by atoms with Crippen molar-refractivity contribution in [2.45, 2.75) is 4.90 Å². The largest absolute Gasteiger partial charge is 0.288 e. The number of amides is 1. The van der Waals surface area contributed by atoms with Gasteiger partial charge in [0.05, 0.1) is 16.6 Å². The number of hydrogen-bond acceptors (Lipinski definition) is 5. The number of hydroxylamine groups is 1. The van der Waals surface area contributed by atoms with E-state index in [0.29, 0.717) is 11.1 Å². The third-order valence-corrected chi connectivity index (χ3v) is 5.14. The van der Waals surface area contributed by atoms with Crippen LogP contribution < -0.4 is 5.48 Å². The van der Waals surface area contributed by atoms with Gasteiger partial charge in [-0.2, -0.15) is 0 Å². The van der Waals surface area contributed by atoms with Gasteiger partial charge in [-0.3, -0.25) is 15.0 Å². The molecular formula is C16H13N3O4S. The molecule has 0 aliphatic carbocycles. The van der Waals surface area contributed by atoms with Crippen LogP contribution in [0.1, 0.15) is 5.56 Å². The van der Waals surface area contributed by atoms with E-state index in [1.54, 1.807) is 30.5 Å². The average Bonchev–Trinajstić information content (AvgIpc) is 3.05. The van der Waals surface area contributed by atoms with Gasteiger partial charge in [0.25, 0.3) is 15.9 Å². The first-order valence-electron chi connectivity index (χ1n) is 6.91. The molecule has 0 spiro atoms. The second-order valence-corrected chi connectivity index (χ2v) is 6.74. The van der Waals surface area contributed by atoms with Gasteiger partial charge < -0.3 is 0 Å². The summed E-state index contributed by atoms with van der Waals surface area (Å²) in [5.41, 5.74) is 2.60. The van der Waals surface area contributed by atoms with Gasteiger partial charge in [-0.25, -0.2) is 17.9 Å². The van der Waals surface area contributed by atoms with Crippen molar-refractivity contribution in [3.8, 4) is 0 Å². The van der Waals surface area contributed by atoms with Crippen LogP contribution in [-0.4, -0.2) is 28.5 Å². The summed E-state index contributed by atoms with van der Waals surface area (Å²) in [5, 5.41) is 9.20. The van der Waals surface area contributed by atoms with Crippen molar-refractivity contribution in [2.24, 2.45) is 0 Å². The molecule has 0 bridgehead atoms. The Balaban J connectivity index is 1.96. The maximum atomic E-state index is 12.8. The Bertz CT molecular complexity index is 1020. The van der Waals surface area contributed by atoms with Crippen molar-refractivity contribution in [1.82, 2.24) is 14.4 Å². The average molecular weight is 343 g/mol. The minimum absolute atomic E-state index is 0.118. The lowest BCUT2D eigenvalue weighted by molar-refractivity contribution is -0.124. The Kier molecular flexibility index (Phi) is 4.15. The number of aromatic nitrogens is 2. The Hall–Kier alpha value is -2.97. The molecule has 1 aromatic carbocycles. The first-order chi connectivity index (χ1) is 11.5. The summed E-state index contributed by atoms with van der Waals surface area (Å²) in [5.74, 6) is -0.669. The number of hydrogen-bond donors (Lipinski definition) is 2. The molecule has 2 aromatic heterocycles. The lowest BCUT2D eigenvalue weighted by atomic mass is 10.2. The van der Waals surface area contributed by atoms with Gasteiger partial charge >= 0.3 is 0 Å². The van der Waals surface area contributed by atoms with Crippen molar-refractivity contribution >= 4 is 32.9 Å². The van der Waals surface area contributed by atoms with E-state index in [1.807, 2.05) is 0 Å². The van der Waals surface area contributed by atoms with Gasteiger partial charge in [0.1, 0.15) is 0 Å². The number of nitrogens with one attached hydrogen (secondary N) is 1. The van der Waals surface area contributed by atoms with E-state index in [1.165, 1.54) is 40.1 Å². The molecule has 3 rings (SSSR count).